The molecule has 2 aromatic rings. The van der Waals surface area contributed by atoms with E-state index in [-0.39, 0.29) is 5.91 Å². The summed E-state index contributed by atoms with van der Waals surface area (Å²) in [6.07, 6.45) is 5.34. The van der Waals surface area contributed by atoms with Crippen LogP contribution in [0.5, 0.6) is 0 Å². The first-order chi connectivity index (χ1) is 11.6. The van der Waals surface area contributed by atoms with E-state index in [9.17, 15) is 4.79 Å². The Morgan fingerprint density at radius 3 is 2.54 bits per heavy atom. The van der Waals surface area contributed by atoms with Gasteiger partial charge in [0.25, 0.3) is 0 Å². The standard InChI is InChI=1S/C17H26N6O/c1-5-23(6-2)15-8-7-13(9-19-15)10-20-17(24)16(18-3)14-11-21-22(4)12-14/h7-9,11-12,16,18H,5-6,10H2,1-4H3,(H,20,24). The Morgan fingerprint density at radius 2 is 2.04 bits per heavy atom. The lowest BCUT2D eigenvalue weighted by Gasteiger charge is -2.20. The van der Waals surface area contributed by atoms with Crippen LogP contribution in [-0.2, 0) is 18.4 Å². The molecule has 24 heavy (non-hydrogen) atoms. The van der Waals surface area contributed by atoms with Crippen molar-refractivity contribution in [3.05, 3.63) is 41.9 Å². The Bertz CT molecular complexity index is 647. The minimum atomic E-state index is -0.415. The van der Waals surface area contributed by atoms with Crippen LogP contribution < -0.4 is 15.5 Å². The van der Waals surface area contributed by atoms with E-state index in [0.29, 0.717) is 6.54 Å². The van der Waals surface area contributed by atoms with Gasteiger partial charge in [-0.1, -0.05) is 6.07 Å². The molecule has 1 unspecified atom stereocenters. The number of carbonyl (C=O) groups is 1. The number of nitrogens with zero attached hydrogens (tertiary/aromatic N) is 4. The molecule has 7 nitrogen and oxygen atoms in total. The van der Waals surface area contributed by atoms with Gasteiger partial charge in [0.05, 0.1) is 6.20 Å². The molecule has 0 bridgehead atoms. The van der Waals surface area contributed by atoms with Gasteiger partial charge in [-0.15, -0.1) is 0 Å². The van der Waals surface area contributed by atoms with Gasteiger partial charge in [0.2, 0.25) is 5.91 Å². The fraction of sp³-hybridized carbons (Fsp3) is 0.471. The number of aromatic nitrogens is 3. The average Bonchev–Trinajstić information content (AvgIpc) is 3.02. The molecule has 0 aliphatic rings. The van der Waals surface area contributed by atoms with Crippen molar-refractivity contribution in [1.29, 1.82) is 0 Å². The molecule has 0 saturated heterocycles. The molecule has 2 N–H and O–H groups in total. The molecule has 1 atom stereocenters. The first-order valence-electron chi connectivity index (χ1n) is 8.22. The number of carbonyl (C=O) groups excluding carboxylic acids is 1. The zero-order valence-corrected chi connectivity index (χ0v) is 14.8. The molecular formula is C17H26N6O. The first-order valence-corrected chi connectivity index (χ1v) is 8.22. The van der Waals surface area contributed by atoms with E-state index >= 15 is 0 Å². The van der Waals surface area contributed by atoms with Gasteiger partial charge in [-0.05, 0) is 32.5 Å². The van der Waals surface area contributed by atoms with Crippen LogP contribution in [0, 0.1) is 0 Å². The summed E-state index contributed by atoms with van der Waals surface area (Å²) in [6, 6.07) is 3.58. The summed E-state index contributed by atoms with van der Waals surface area (Å²) >= 11 is 0. The van der Waals surface area contributed by atoms with E-state index < -0.39 is 6.04 Å². The van der Waals surface area contributed by atoms with Crippen molar-refractivity contribution in [2.45, 2.75) is 26.4 Å². The topological polar surface area (TPSA) is 75.1 Å². The zero-order valence-electron chi connectivity index (χ0n) is 14.8. The number of hydrogen-bond acceptors (Lipinski definition) is 5. The van der Waals surface area contributed by atoms with Crippen LogP contribution in [0.3, 0.4) is 0 Å². The molecule has 130 valence electrons. The van der Waals surface area contributed by atoms with Crippen LogP contribution in [0.1, 0.15) is 31.0 Å². The summed E-state index contributed by atoms with van der Waals surface area (Å²) in [5, 5.41) is 10.1. The lowest BCUT2D eigenvalue weighted by atomic mass is 10.1. The molecule has 0 spiro atoms. The van der Waals surface area contributed by atoms with Gasteiger partial charge in [-0.25, -0.2) is 4.98 Å². The average molecular weight is 330 g/mol. The van der Waals surface area contributed by atoms with E-state index in [1.165, 1.54) is 0 Å². The normalized spacial score (nSPS) is 12.0. The monoisotopic (exact) mass is 330 g/mol. The number of likely N-dealkylation sites (N-methyl/N-ethyl adjacent to an activating group) is 1. The van der Waals surface area contributed by atoms with Crippen LogP contribution in [0.2, 0.25) is 0 Å². The lowest BCUT2D eigenvalue weighted by molar-refractivity contribution is -0.123. The van der Waals surface area contributed by atoms with Crippen molar-refractivity contribution in [1.82, 2.24) is 25.4 Å². The summed E-state index contributed by atoms with van der Waals surface area (Å²) in [4.78, 5) is 19.0. The second-order valence-electron chi connectivity index (χ2n) is 5.58. The minimum Gasteiger partial charge on any atom is -0.357 e. The molecule has 0 aliphatic heterocycles. The summed E-state index contributed by atoms with van der Waals surface area (Å²) < 4.78 is 1.68. The van der Waals surface area contributed by atoms with Crippen molar-refractivity contribution in [2.75, 3.05) is 25.0 Å². The highest BCUT2D eigenvalue weighted by Gasteiger charge is 2.19. The van der Waals surface area contributed by atoms with Crippen molar-refractivity contribution in [3.8, 4) is 0 Å². The number of aryl methyl sites for hydroxylation is 1. The van der Waals surface area contributed by atoms with Crippen molar-refractivity contribution < 1.29 is 4.79 Å². The Labute approximate surface area is 143 Å². The number of pyridine rings is 1. The molecule has 2 rings (SSSR count). The molecule has 0 aromatic carbocycles. The SMILES string of the molecule is CCN(CC)c1ccc(CNC(=O)C(NC)c2cnn(C)c2)cn1. The highest BCUT2D eigenvalue weighted by Crippen LogP contribution is 2.13. The lowest BCUT2D eigenvalue weighted by Crippen LogP contribution is -2.35. The van der Waals surface area contributed by atoms with Crippen LogP contribution >= 0.6 is 0 Å². The number of amides is 1. The Balaban J connectivity index is 1.95. The predicted molar refractivity (Wildman–Crippen MR) is 94.7 cm³/mol. The van der Waals surface area contributed by atoms with Gasteiger partial charge in [0, 0.05) is 44.6 Å². The molecule has 0 saturated carbocycles. The zero-order chi connectivity index (χ0) is 17.5. The summed E-state index contributed by atoms with van der Waals surface area (Å²) in [6.45, 7) is 6.51. The molecule has 0 radical (unpaired) electrons. The second-order valence-corrected chi connectivity index (χ2v) is 5.58. The largest absolute Gasteiger partial charge is 0.357 e. The van der Waals surface area contributed by atoms with Gasteiger partial charge in [0.1, 0.15) is 11.9 Å². The van der Waals surface area contributed by atoms with Crippen molar-refractivity contribution in [2.24, 2.45) is 7.05 Å². The molecule has 2 heterocycles. The first kappa shape index (κ1) is 17.9. The van der Waals surface area contributed by atoms with Crippen LogP contribution in [-0.4, -0.2) is 40.8 Å². The van der Waals surface area contributed by atoms with Crippen LogP contribution in [0.25, 0.3) is 0 Å². The fourth-order valence-corrected chi connectivity index (χ4v) is 2.59. The van der Waals surface area contributed by atoms with Crippen LogP contribution in [0.15, 0.2) is 30.7 Å². The summed E-state index contributed by atoms with van der Waals surface area (Å²) in [5.41, 5.74) is 1.81. The number of nitrogens with one attached hydrogen (secondary N) is 2. The molecule has 7 heteroatoms. The van der Waals surface area contributed by atoms with Gasteiger partial charge >= 0.3 is 0 Å². The fourth-order valence-electron chi connectivity index (χ4n) is 2.59. The summed E-state index contributed by atoms with van der Waals surface area (Å²) in [5.74, 6) is 0.872. The Morgan fingerprint density at radius 1 is 1.29 bits per heavy atom. The van der Waals surface area contributed by atoms with E-state index in [1.807, 2.05) is 31.6 Å². The van der Waals surface area contributed by atoms with E-state index in [1.54, 1.807) is 17.9 Å². The highest BCUT2D eigenvalue weighted by atomic mass is 16.2. The third-order valence-electron chi connectivity index (χ3n) is 3.97. The minimum absolute atomic E-state index is 0.0849. The van der Waals surface area contributed by atoms with E-state index in [0.717, 1.165) is 30.0 Å². The molecular weight excluding hydrogens is 304 g/mol. The van der Waals surface area contributed by atoms with Gasteiger partial charge in [-0.2, -0.15) is 5.10 Å². The maximum absolute atomic E-state index is 12.4. The maximum atomic E-state index is 12.4. The predicted octanol–water partition coefficient (Wildman–Crippen LogP) is 1.24. The molecule has 2 aromatic heterocycles. The van der Waals surface area contributed by atoms with E-state index in [4.69, 9.17) is 0 Å². The third kappa shape index (κ3) is 4.32. The Kier molecular flexibility index (Phi) is 6.31. The smallest absolute Gasteiger partial charge is 0.242 e. The maximum Gasteiger partial charge on any atom is 0.242 e. The molecule has 1 amide bonds. The highest BCUT2D eigenvalue weighted by molar-refractivity contribution is 5.83. The molecule has 0 aliphatic carbocycles. The van der Waals surface area contributed by atoms with Gasteiger partial charge < -0.3 is 15.5 Å². The number of rotatable bonds is 8. The van der Waals surface area contributed by atoms with Crippen molar-refractivity contribution in [3.63, 3.8) is 0 Å². The number of anilines is 1. The van der Waals surface area contributed by atoms with Gasteiger partial charge in [-0.3, -0.25) is 9.48 Å². The van der Waals surface area contributed by atoms with E-state index in [2.05, 4.69) is 39.5 Å². The summed E-state index contributed by atoms with van der Waals surface area (Å²) in [7, 11) is 3.59. The second kappa shape index (κ2) is 8.44. The van der Waals surface area contributed by atoms with Gasteiger partial charge in [0.15, 0.2) is 0 Å². The third-order valence-corrected chi connectivity index (χ3v) is 3.97. The number of hydrogen-bond donors (Lipinski definition) is 2. The Hall–Kier alpha value is -2.41. The molecule has 0 fully saturated rings. The quantitative estimate of drug-likeness (QED) is 0.762. The van der Waals surface area contributed by atoms with Crippen LogP contribution in [0.4, 0.5) is 5.82 Å². The van der Waals surface area contributed by atoms with Crippen molar-refractivity contribution >= 4 is 11.7 Å².